The van der Waals surface area contributed by atoms with Gasteiger partial charge in [-0.1, -0.05) is 49.7 Å². The van der Waals surface area contributed by atoms with Crippen molar-refractivity contribution >= 4 is 11.6 Å². The molecule has 1 fully saturated rings. The molecule has 0 aromatic heterocycles. The second-order valence-electron chi connectivity index (χ2n) is 6.99. The predicted octanol–water partition coefficient (Wildman–Crippen LogP) is 4.16. The first-order valence-electron chi connectivity index (χ1n) is 9.69. The first kappa shape index (κ1) is 18.5. The number of piperidine rings is 1. The Labute approximate surface area is 157 Å². The summed E-state index contributed by atoms with van der Waals surface area (Å²) in [6, 6.07) is 16.9. The number of hydrogen-bond acceptors (Lipinski definition) is 2. The maximum atomic E-state index is 6.11. The van der Waals surface area contributed by atoms with Crippen molar-refractivity contribution in [3.8, 4) is 0 Å². The van der Waals surface area contributed by atoms with E-state index < -0.39 is 0 Å². The normalized spacial score (nSPS) is 15.8. The standard InChI is InChI=1S/C22H30N4/c1-2-18-9-8-12-21(15-18)25-22(23)24-16-19-10-4-5-11-20(19)17-26-13-6-3-7-14-26/h4-5,8-12,15H,2-3,6-7,13-14,16-17H2,1H3,(H3,23,24,25). The van der Waals surface area contributed by atoms with Crippen LogP contribution in [0.2, 0.25) is 0 Å². The fourth-order valence-corrected chi connectivity index (χ4v) is 3.45. The number of aliphatic imine (C=N–C) groups is 1. The quantitative estimate of drug-likeness (QED) is 0.607. The number of aryl methyl sites for hydroxylation is 1. The van der Waals surface area contributed by atoms with Crippen molar-refractivity contribution in [2.45, 2.75) is 45.7 Å². The Hall–Kier alpha value is -2.33. The van der Waals surface area contributed by atoms with Crippen LogP contribution in [0.3, 0.4) is 0 Å². The van der Waals surface area contributed by atoms with Gasteiger partial charge in [0.2, 0.25) is 0 Å². The lowest BCUT2D eigenvalue weighted by molar-refractivity contribution is 0.220. The molecule has 0 spiro atoms. The third kappa shape index (κ3) is 5.33. The summed E-state index contributed by atoms with van der Waals surface area (Å²) in [5.41, 5.74) is 11.0. The molecular weight excluding hydrogens is 320 g/mol. The Morgan fingerprint density at radius 2 is 1.81 bits per heavy atom. The van der Waals surface area contributed by atoms with Gasteiger partial charge < -0.3 is 11.1 Å². The van der Waals surface area contributed by atoms with Crippen LogP contribution in [0.5, 0.6) is 0 Å². The van der Waals surface area contributed by atoms with E-state index in [0.717, 1.165) is 18.7 Å². The average molecular weight is 351 g/mol. The van der Waals surface area contributed by atoms with Crippen LogP contribution in [-0.2, 0) is 19.5 Å². The first-order chi connectivity index (χ1) is 12.7. The minimum Gasteiger partial charge on any atom is -0.370 e. The molecule has 3 rings (SSSR count). The number of nitrogens with one attached hydrogen (secondary N) is 1. The van der Waals surface area contributed by atoms with Crippen LogP contribution < -0.4 is 11.1 Å². The van der Waals surface area contributed by atoms with Crippen LogP contribution in [0.4, 0.5) is 5.69 Å². The topological polar surface area (TPSA) is 53.6 Å². The lowest BCUT2D eigenvalue weighted by atomic mass is 10.1. The van der Waals surface area contributed by atoms with Crippen LogP contribution in [0, 0.1) is 0 Å². The summed E-state index contributed by atoms with van der Waals surface area (Å²) in [5.74, 6) is 0.464. The van der Waals surface area contributed by atoms with Crippen molar-refractivity contribution in [2.75, 3.05) is 18.4 Å². The average Bonchev–Trinajstić information content (AvgIpc) is 2.68. The van der Waals surface area contributed by atoms with Crippen molar-refractivity contribution in [3.05, 3.63) is 65.2 Å². The smallest absolute Gasteiger partial charge is 0.193 e. The fourth-order valence-electron chi connectivity index (χ4n) is 3.45. The number of likely N-dealkylation sites (tertiary alicyclic amines) is 1. The Morgan fingerprint density at radius 3 is 2.58 bits per heavy atom. The highest BCUT2D eigenvalue weighted by Crippen LogP contribution is 2.17. The van der Waals surface area contributed by atoms with Gasteiger partial charge in [0, 0.05) is 12.2 Å². The molecule has 4 nitrogen and oxygen atoms in total. The van der Waals surface area contributed by atoms with Crippen LogP contribution in [0.15, 0.2) is 53.5 Å². The molecule has 26 heavy (non-hydrogen) atoms. The number of rotatable bonds is 6. The zero-order chi connectivity index (χ0) is 18.2. The molecule has 1 aliphatic heterocycles. The van der Waals surface area contributed by atoms with Gasteiger partial charge in [0.25, 0.3) is 0 Å². The molecule has 2 aromatic rings. The maximum Gasteiger partial charge on any atom is 0.193 e. The van der Waals surface area contributed by atoms with Crippen molar-refractivity contribution in [2.24, 2.45) is 10.7 Å². The van der Waals surface area contributed by atoms with Gasteiger partial charge in [-0.15, -0.1) is 0 Å². The van der Waals surface area contributed by atoms with E-state index >= 15 is 0 Å². The summed E-state index contributed by atoms with van der Waals surface area (Å²) in [7, 11) is 0. The Balaban J connectivity index is 1.63. The molecule has 0 amide bonds. The van der Waals surface area contributed by atoms with Crippen LogP contribution in [0.1, 0.15) is 42.9 Å². The summed E-state index contributed by atoms with van der Waals surface area (Å²) in [5, 5.41) is 3.21. The highest BCUT2D eigenvalue weighted by molar-refractivity contribution is 5.92. The van der Waals surface area contributed by atoms with E-state index in [-0.39, 0.29) is 0 Å². The van der Waals surface area contributed by atoms with E-state index in [2.05, 4.69) is 58.5 Å². The molecule has 1 aliphatic rings. The van der Waals surface area contributed by atoms with Gasteiger partial charge in [0.05, 0.1) is 6.54 Å². The minimum atomic E-state index is 0.464. The van der Waals surface area contributed by atoms with Crippen molar-refractivity contribution < 1.29 is 0 Å². The predicted molar refractivity (Wildman–Crippen MR) is 110 cm³/mol. The second kappa shape index (κ2) is 9.39. The van der Waals surface area contributed by atoms with Crippen LogP contribution in [-0.4, -0.2) is 23.9 Å². The summed E-state index contributed by atoms with van der Waals surface area (Å²) < 4.78 is 0. The minimum absolute atomic E-state index is 0.464. The number of nitrogens with two attached hydrogens (primary N) is 1. The van der Waals surface area contributed by atoms with E-state index in [1.54, 1.807) is 0 Å². The van der Waals surface area contributed by atoms with Gasteiger partial charge in [-0.25, -0.2) is 4.99 Å². The van der Waals surface area contributed by atoms with E-state index in [1.807, 2.05) is 12.1 Å². The molecule has 2 aromatic carbocycles. The van der Waals surface area contributed by atoms with Crippen LogP contribution >= 0.6 is 0 Å². The van der Waals surface area contributed by atoms with Gasteiger partial charge in [-0.05, 0) is 61.2 Å². The largest absolute Gasteiger partial charge is 0.370 e. The molecule has 3 N–H and O–H groups in total. The van der Waals surface area contributed by atoms with E-state index in [0.29, 0.717) is 12.5 Å². The van der Waals surface area contributed by atoms with Gasteiger partial charge in [0.15, 0.2) is 5.96 Å². The summed E-state index contributed by atoms with van der Waals surface area (Å²) in [6.07, 6.45) is 5.00. The first-order valence-corrected chi connectivity index (χ1v) is 9.69. The lowest BCUT2D eigenvalue weighted by Gasteiger charge is -2.27. The third-order valence-corrected chi connectivity index (χ3v) is 4.99. The molecular formula is C22H30N4. The maximum absolute atomic E-state index is 6.11. The molecule has 4 heteroatoms. The third-order valence-electron chi connectivity index (χ3n) is 4.99. The number of benzene rings is 2. The number of nitrogens with zero attached hydrogens (tertiary/aromatic N) is 2. The Morgan fingerprint density at radius 1 is 1.04 bits per heavy atom. The molecule has 0 saturated carbocycles. The fraction of sp³-hybridized carbons (Fsp3) is 0.409. The van der Waals surface area contributed by atoms with Gasteiger partial charge in [-0.2, -0.15) is 0 Å². The van der Waals surface area contributed by atoms with E-state index in [4.69, 9.17) is 5.73 Å². The highest BCUT2D eigenvalue weighted by atomic mass is 15.1. The zero-order valence-electron chi connectivity index (χ0n) is 15.7. The molecule has 0 radical (unpaired) electrons. The van der Waals surface area contributed by atoms with Crippen LogP contribution in [0.25, 0.3) is 0 Å². The molecule has 1 heterocycles. The molecule has 0 unspecified atom stereocenters. The summed E-state index contributed by atoms with van der Waals surface area (Å²) >= 11 is 0. The summed E-state index contributed by atoms with van der Waals surface area (Å²) in [4.78, 5) is 7.11. The Bertz CT molecular complexity index is 732. The summed E-state index contributed by atoms with van der Waals surface area (Å²) in [6.45, 7) is 6.17. The number of hydrogen-bond donors (Lipinski definition) is 2. The highest BCUT2D eigenvalue weighted by Gasteiger charge is 2.12. The molecule has 0 bridgehead atoms. The van der Waals surface area contributed by atoms with Gasteiger partial charge in [0.1, 0.15) is 0 Å². The second-order valence-corrected chi connectivity index (χ2v) is 6.99. The van der Waals surface area contributed by atoms with E-state index in [9.17, 15) is 0 Å². The van der Waals surface area contributed by atoms with Gasteiger partial charge >= 0.3 is 0 Å². The van der Waals surface area contributed by atoms with E-state index in [1.165, 1.54) is 49.0 Å². The molecule has 0 aliphatic carbocycles. The number of guanidine groups is 1. The van der Waals surface area contributed by atoms with Gasteiger partial charge in [-0.3, -0.25) is 4.90 Å². The van der Waals surface area contributed by atoms with Crippen molar-refractivity contribution in [1.82, 2.24) is 4.90 Å². The zero-order valence-corrected chi connectivity index (χ0v) is 15.7. The SMILES string of the molecule is CCc1cccc(NC(N)=NCc2ccccc2CN2CCCCC2)c1. The van der Waals surface area contributed by atoms with Crippen molar-refractivity contribution in [1.29, 1.82) is 0 Å². The van der Waals surface area contributed by atoms with Crippen molar-refractivity contribution in [3.63, 3.8) is 0 Å². The molecule has 138 valence electrons. The molecule has 1 saturated heterocycles. The Kier molecular flexibility index (Phi) is 6.67. The lowest BCUT2D eigenvalue weighted by Crippen LogP contribution is -2.29. The monoisotopic (exact) mass is 350 g/mol. The number of anilines is 1. The molecule has 0 atom stereocenters.